The topological polar surface area (TPSA) is 39.1 Å². The van der Waals surface area contributed by atoms with E-state index in [-0.39, 0.29) is 0 Å². The summed E-state index contributed by atoms with van der Waals surface area (Å²) in [7, 11) is 3.89. The van der Waals surface area contributed by atoms with Gasteiger partial charge in [-0.15, -0.1) is 0 Å². The molecule has 0 aliphatic heterocycles. The highest BCUT2D eigenvalue weighted by molar-refractivity contribution is 5.33. The third-order valence-electron chi connectivity index (χ3n) is 3.10. The maximum Gasteiger partial charge on any atom is 0.130 e. The maximum absolute atomic E-state index is 5.91. The molecule has 2 aromatic rings. The summed E-state index contributed by atoms with van der Waals surface area (Å²) in [6, 6.07) is 10.2. The molecule has 0 radical (unpaired) electrons. The lowest BCUT2D eigenvalue weighted by Crippen LogP contribution is -2.08. The zero-order valence-corrected chi connectivity index (χ0v) is 11.8. The Morgan fingerprint density at radius 2 is 2.11 bits per heavy atom. The number of nitrogens with zero attached hydrogens (tertiary/aromatic N) is 2. The van der Waals surface area contributed by atoms with E-state index in [1.54, 1.807) is 0 Å². The van der Waals surface area contributed by atoms with Crippen molar-refractivity contribution < 1.29 is 4.74 Å². The highest BCUT2D eigenvalue weighted by atomic mass is 16.5. The minimum absolute atomic E-state index is 0.546. The monoisotopic (exact) mass is 259 g/mol. The molecule has 1 heterocycles. The second-order valence-electron chi connectivity index (χ2n) is 4.53. The van der Waals surface area contributed by atoms with Gasteiger partial charge in [-0.3, -0.25) is 4.68 Å². The van der Waals surface area contributed by atoms with Crippen LogP contribution in [0.4, 0.5) is 0 Å². The van der Waals surface area contributed by atoms with Crippen LogP contribution in [0.1, 0.15) is 23.9 Å². The van der Waals surface area contributed by atoms with E-state index in [2.05, 4.69) is 29.5 Å². The van der Waals surface area contributed by atoms with Gasteiger partial charge >= 0.3 is 0 Å². The third-order valence-corrected chi connectivity index (χ3v) is 3.10. The molecule has 1 aromatic carbocycles. The van der Waals surface area contributed by atoms with Crippen LogP contribution >= 0.6 is 0 Å². The Hall–Kier alpha value is -1.81. The molecule has 0 saturated heterocycles. The smallest absolute Gasteiger partial charge is 0.130 e. The molecule has 1 aromatic heterocycles. The lowest BCUT2D eigenvalue weighted by atomic mass is 10.2. The molecule has 2 rings (SSSR count). The lowest BCUT2D eigenvalue weighted by Gasteiger charge is -2.11. The maximum atomic E-state index is 5.91. The number of hydrogen-bond donors (Lipinski definition) is 1. The quantitative estimate of drug-likeness (QED) is 0.865. The van der Waals surface area contributed by atoms with Crippen molar-refractivity contribution in [3.05, 3.63) is 47.3 Å². The molecule has 0 unspecified atom stereocenters. The first kappa shape index (κ1) is 13.6. The van der Waals surface area contributed by atoms with E-state index in [4.69, 9.17) is 4.74 Å². The van der Waals surface area contributed by atoms with Crippen LogP contribution in [0, 0.1) is 0 Å². The molecule has 0 atom stereocenters. The van der Waals surface area contributed by atoms with E-state index in [9.17, 15) is 0 Å². The van der Waals surface area contributed by atoms with E-state index in [0.717, 1.165) is 30.1 Å². The standard InChI is InChI=1S/C15H21N3O/c1-4-13-9-14(18(3)17-13)11-19-15-8-6-5-7-12(15)10-16-2/h5-9,16H,4,10-11H2,1-3H3. The molecule has 0 aliphatic carbocycles. The molecule has 102 valence electrons. The van der Waals surface area contributed by atoms with Gasteiger partial charge in [-0.05, 0) is 25.6 Å². The zero-order chi connectivity index (χ0) is 13.7. The minimum atomic E-state index is 0.546. The average molecular weight is 259 g/mol. The van der Waals surface area contributed by atoms with Gasteiger partial charge < -0.3 is 10.1 Å². The summed E-state index contributed by atoms with van der Waals surface area (Å²) in [6.45, 7) is 3.46. The fourth-order valence-corrected chi connectivity index (χ4v) is 2.01. The first-order valence-electron chi connectivity index (χ1n) is 6.61. The van der Waals surface area contributed by atoms with Gasteiger partial charge in [0.1, 0.15) is 12.4 Å². The van der Waals surface area contributed by atoms with Crippen molar-refractivity contribution in [3.8, 4) is 5.75 Å². The Morgan fingerprint density at radius 3 is 2.79 bits per heavy atom. The molecule has 4 heteroatoms. The fraction of sp³-hybridized carbons (Fsp3) is 0.400. The second kappa shape index (κ2) is 6.38. The molecule has 0 spiro atoms. The van der Waals surface area contributed by atoms with Gasteiger partial charge in [-0.1, -0.05) is 25.1 Å². The molecule has 1 N–H and O–H groups in total. The van der Waals surface area contributed by atoms with Gasteiger partial charge in [0.2, 0.25) is 0 Å². The van der Waals surface area contributed by atoms with Crippen molar-refractivity contribution in [2.45, 2.75) is 26.5 Å². The number of benzene rings is 1. The van der Waals surface area contributed by atoms with Gasteiger partial charge in [0.05, 0.1) is 11.4 Å². The van der Waals surface area contributed by atoms with Gasteiger partial charge in [0.15, 0.2) is 0 Å². The van der Waals surface area contributed by atoms with Crippen molar-refractivity contribution in [2.24, 2.45) is 7.05 Å². The normalized spacial score (nSPS) is 10.7. The molecule has 0 bridgehead atoms. The summed E-state index contributed by atoms with van der Waals surface area (Å²) >= 11 is 0. The molecule has 0 amide bonds. The van der Waals surface area contributed by atoms with E-state index in [0.29, 0.717) is 6.61 Å². The Morgan fingerprint density at radius 1 is 1.32 bits per heavy atom. The van der Waals surface area contributed by atoms with Crippen LogP contribution in [0.25, 0.3) is 0 Å². The van der Waals surface area contributed by atoms with Crippen molar-refractivity contribution in [2.75, 3.05) is 7.05 Å². The Balaban J connectivity index is 2.07. The number of ether oxygens (including phenoxy) is 1. The van der Waals surface area contributed by atoms with Crippen molar-refractivity contribution >= 4 is 0 Å². The first-order chi connectivity index (χ1) is 9.24. The average Bonchev–Trinajstić information content (AvgIpc) is 2.79. The van der Waals surface area contributed by atoms with Gasteiger partial charge in [-0.2, -0.15) is 5.10 Å². The summed E-state index contributed by atoms with van der Waals surface area (Å²) in [5.74, 6) is 0.927. The Labute approximate surface area is 114 Å². The van der Waals surface area contributed by atoms with Gasteiger partial charge in [0.25, 0.3) is 0 Å². The summed E-state index contributed by atoms with van der Waals surface area (Å²) in [4.78, 5) is 0. The van der Waals surface area contributed by atoms with Gasteiger partial charge in [-0.25, -0.2) is 0 Å². The number of para-hydroxylation sites is 1. The lowest BCUT2D eigenvalue weighted by molar-refractivity contribution is 0.291. The van der Waals surface area contributed by atoms with Crippen LogP contribution in [0.5, 0.6) is 5.75 Å². The van der Waals surface area contributed by atoms with Crippen LogP contribution in [0.2, 0.25) is 0 Å². The zero-order valence-electron chi connectivity index (χ0n) is 11.8. The molecule has 19 heavy (non-hydrogen) atoms. The molecule has 0 fully saturated rings. The van der Waals surface area contributed by atoms with Gasteiger partial charge in [0, 0.05) is 19.2 Å². The predicted octanol–water partition coefficient (Wildman–Crippen LogP) is 2.28. The van der Waals surface area contributed by atoms with E-state index in [1.165, 1.54) is 5.56 Å². The fourth-order valence-electron chi connectivity index (χ4n) is 2.01. The number of aryl methyl sites for hydroxylation is 2. The SMILES string of the molecule is CCc1cc(COc2ccccc2CNC)n(C)n1. The van der Waals surface area contributed by atoms with Crippen LogP contribution in [0.15, 0.2) is 30.3 Å². The number of aromatic nitrogens is 2. The van der Waals surface area contributed by atoms with E-state index < -0.39 is 0 Å². The largest absolute Gasteiger partial charge is 0.487 e. The number of rotatable bonds is 6. The van der Waals surface area contributed by atoms with Crippen molar-refractivity contribution in [3.63, 3.8) is 0 Å². The van der Waals surface area contributed by atoms with Crippen LogP contribution < -0.4 is 10.1 Å². The van der Waals surface area contributed by atoms with Crippen LogP contribution in [-0.2, 0) is 26.6 Å². The molecule has 0 aliphatic rings. The molecule has 0 saturated carbocycles. The van der Waals surface area contributed by atoms with E-state index >= 15 is 0 Å². The highest BCUT2D eigenvalue weighted by Crippen LogP contribution is 2.19. The summed E-state index contributed by atoms with van der Waals surface area (Å²) in [5.41, 5.74) is 3.36. The van der Waals surface area contributed by atoms with E-state index in [1.807, 2.05) is 37.0 Å². The molecular weight excluding hydrogens is 238 g/mol. The summed E-state index contributed by atoms with van der Waals surface area (Å²) < 4.78 is 7.80. The third kappa shape index (κ3) is 3.35. The predicted molar refractivity (Wildman–Crippen MR) is 76.1 cm³/mol. The molecular formula is C15H21N3O. The summed E-state index contributed by atoms with van der Waals surface area (Å²) in [6.07, 6.45) is 0.949. The number of hydrogen-bond acceptors (Lipinski definition) is 3. The van der Waals surface area contributed by atoms with Crippen LogP contribution in [0.3, 0.4) is 0 Å². The van der Waals surface area contributed by atoms with Crippen LogP contribution in [-0.4, -0.2) is 16.8 Å². The highest BCUT2D eigenvalue weighted by Gasteiger charge is 2.06. The number of nitrogens with one attached hydrogen (secondary N) is 1. The second-order valence-corrected chi connectivity index (χ2v) is 4.53. The molecule has 4 nitrogen and oxygen atoms in total. The van der Waals surface area contributed by atoms with Crippen molar-refractivity contribution in [1.82, 2.24) is 15.1 Å². The Kier molecular flexibility index (Phi) is 4.58. The van der Waals surface area contributed by atoms with Crippen molar-refractivity contribution in [1.29, 1.82) is 0 Å². The minimum Gasteiger partial charge on any atom is -0.487 e. The Bertz CT molecular complexity index is 534. The summed E-state index contributed by atoms with van der Waals surface area (Å²) in [5, 5.41) is 7.57. The first-order valence-corrected chi connectivity index (χ1v) is 6.61.